The molecular formula is C18H16F3NO3. The molecule has 0 saturated heterocycles. The third-order valence-electron chi connectivity index (χ3n) is 4.31. The molecule has 1 aliphatic rings. The molecule has 1 heterocycles. The van der Waals surface area contributed by atoms with Gasteiger partial charge in [-0.2, -0.15) is 0 Å². The minimum Gasteiger partial charge on any atom is -0.497 e. The van der Waals surface area contributed by atoms with Crippen LogP contribution in [0.1, 0.15) is 18.1 Å². The molecule has 2 aromatic carbocycles. The average Bonchev–Trinajstić information content (AvgIpc) is 2.79. The van der Waals surface area contributed by atoms with Gasteiger partial charge in [0.25, 0.3) is 0 Å². The van der Waals surface area contributed by atoms with Crippen LogP contribution in [0, 0.1) is 0 Å². The van der Waals surface area contributed by atoms with Crippen LogP contribution in [0.15, 0.2) is 42.5 Å². The van der Waals surface area contributed by atoms with E-state index in [2.05, 4.69) is 10.1 Å². The highest BCUT2D eigenvalue weighted by Crippen LogP contribution is 2.43. The minimum atomic E-state index is -4.80. The molecule has 0 aliphatic carbocycles. The van der Waals surface area contributed by atoms with E-state index >= 15 is 0 Å². The van der Waals surface area contributed by atoms with Crippen LogP contribution in [0.3, 0.4) is 0 Å². The summed E-state index contributed by atoms with van der Waals surface area (Å²) >= 11 is 0. The number of benzene rings is 2. The van der Waals surface area contributed by atoms with Gasteiger partial charge in [-0.3, -0.25) is 4.79 Å². The largest absolute Gasteiger partial charge is 0.573 e. The standard InChI is InChI=1S/C18H16F3NO3/c1-17(10-11-5-3-4-6-15(11)25-18(19,20)21)13-9-12(24-2)7-8-14(13)22-16(17)23/h3-9H,10H2,1-2H3,(H,22,23). The van der Waals surface area contributed by atoms with Gasteiger partial charge in [-0.05, 0) is 48.7 Å². The van der Waals surface area contributed by atoms with Crippen LogP contribution in [-0.2, 0) is 16.6 Å². The van der Waals surface area contributed by atoms with Crippen LogP contribution in [0.2, 0.25) is 0 Å². The van der Waals surface area contributed by atoms with E-state index in [1.165, 1.54) is 25.3 Å². The van der Waals surface area contributed by atoms with Crippen LogP contribution >= 0.6 is 0 Å². The number of ether oxygens (including phenoxy) is 2. The van der Waals surface area contributed by atoms with E-state index in [9.17, 15) is 18.0 Å². The second-order valence-corrected chi connectivity index (χ2v) is 6.03. The predicted molar refractivity (Wildman–Crippen MR) is 85.8 cm³/mol. The summed E-state index contributed by atoms with van der Waals surface area (Å²) in [5.74, 6) is -0.0146. The highest BCUT2D eigenvalue weighted by atomic mass is 19.4. The van der Waals surface area contributed by atoms with Gasteiger partial charge in [-0.1, -0.05) is 18.2 Å². The number of hydrogen-bond donors (Lipinski definition) is 1. The molecule has 0 bridgehead atoms. The van der Waals surface area contributed by atoms with Gasteiger partial charge in [0.15, 0.2) is 0 Å². The number of fused-ring (bicyclic) bond motifs is 1. The molecule has 1 N–H and O–H groups in total. The van der Waals surface area contributed by atoms with Crippen molar-refractivity contribution in [3.05, 3.63) is 53.6 Å². The molecule has 132 valence electrons. The van der Waals surface area contributed by atoms with E-state index in [1.54, 1.807) is 31.2 Å². The molecule has 4 nitrogen and oxygen atoms in total. The lowest BCUT2D eigenvalue weighted by atomic mass is 9.78. The molecule has 0 spiro atoms. The van der Waals surface area contributed by atoms with Crippen molar-refractivity contribution in [3.63, 3.8) is 0 Å². The van der Waals surface area contributed by atoms with Crippen LogP contribution < -0.4 is 14.8 Å². The first-order chi connectivity index (χ1) is 11.7. The monoisotopic (exact) mass is 351 g/mol. The lowest BCUT2D eigenvalue weighted by Gasteiger charge is -2.24. The van der Waals surface area contributed by atoms with Crippen molar-refractivity contribution in [1.29, 1.82) is 0 Å². The summed E-state index contributed by atoms with van der Waals surface area (Å²) in [6.07, 6.45) is -4.73. The van der Waals surface area contributed by atoms with Crippen LogP contribution in [0.5, 0.6) is 11.5 Å². The van der Waals surface area contributed by atoms with Crippen molar-refractivity contribution in [2.24, 2.45) is 0 Å². The van der Waals surface area contributed by atoms with Gasteiger partial charge in [0.05, 0.1) is 12.5 Å². The number of halogens is 3. The number of rotatable bonds is 4. The van der Waals surface area contributed by atoms with E-state index in [4.69, 9.17) is 4.74 Å². The SMILES string of the molecule is COc1ccc2c(c1)C(C)(Cc1ccccc1OC(F)(F)F)C(=O)N2. The Morgan fingerprint density at radius 2 is 1.88 bits per heavy atom. The van der Waals surface area contributed by atoms with E-state index in [-0.39, 0.29) is 18.1 Å². The molecule has 25 heavy (non-hydrogen) atoms. The highest BCUT2D eigenvalue weighted by Gasteiger charge is 2.44. The molecule has 3 rings (SSSR count). The third kappa shape index (κ3) is 3.26. The highest BCUT2D eigenvalue weighted by molar-refractivity contribution is 6.06. The van der Waals surface area contributed by atoms with Crippen LogP contribution in [0.25, 0.3) is 0 Å². The van der Waals surface area contributed by atoms with Gasteiger partial charge in [-0.25, -0.2) is 0 Å². The van der Waals surface area contributed by atoms with Gasteiger partial charge < -0.3 is 14.8 Å². The second-order valence-electron chi connectivity index (χ2n) is 6.03. The molecule has 1 unspecified atom stereocenters. The first-order valence-electron chi connectivity index (χ1n) is 7.56. The van der Waals surface area contributed by atoms with E-state index in [0.29, 0.717) is 22.6 Å². The summed E-state index contributed by atoms with van der Waals surface area (Å²) < 4.78 is 47.2. The molecule has 0 aromatic heterocycles. The van der Waals surface area contributed by atoms with Crippen molar-refractivity contribution in [2.45, 2.75) is 25.1 Å². The topological polar surface area (TPSA) is 47.6 Å². The van der Waals surface area contributed by atoms with Gasteiger partial charge in [-0.15, -0.1) is 13.2 Å². The van der Waals surface area contributed by atoms with E-state index in [1.807, 2.05) is 0 Å². The van der Waals surface area contributed by atoms with Crippen molar-refractivity contribution in [2.75, 3.05) is 12.4 Å². The van der Waals surface area contributed by atoms with Crippen LogP contribution in [0.4, 0.5) is 18.9 Å². The number of hydrogen-bond acceptors (Lipinski definition) is 3. The van der Waals surface area contributed by atoms with E-state index in [0.717, 1.165) is 0 Å². The molecule has 7 heteroatoms. The Labute approximate surface area is 142 Å². The Hall–Kier alpha value is -2.70. The summed E-state index contributed by atoms with van der Waals surface area (Å²) in [7, 11) is 1.51. The van der Waals surface area contributed by atoms with Gasteiger partial charge >= 0.3 is 6.36 Å². The summed E-state index contributed by atoms with van der Waals surface area (Å²) in [6, 6.07) is 11.0. The smallest absolute Gasteiger partial charge is 0.497 e. The fraction of sp³-hybridized carbons (Fsp3) is 0.278. The van der Waals surface area contributed by atoms with Gasteiger partial charge in [0, 0.05) is 5.69 Å². The molecule has 1 atom stereocenters. The quantitative estimate of drug-likeness (QED) is 0.904. The zero-order chi connectivity index (χ0) is 18.2. The normalized spacial score (nSPS) is 19.3. The first-order valence-corrected chi connectivity index (χ1v) is 7.56. The number of alkyl halides is 3. The van der Waals surface area contributed by atoms with Crippen LogP contribution in [-0.4, -0.2) is 19.4 Å². The van der Waals surface area contributed by atoms with Crippen molar-refractivity contribution < 1.29 is 27.4 Å². The average molecular weight is 351 g/mol. The van der Waals surface area contributed by atoms with Crippen molar-refractivity contribution in [1.82, 2.24) is 0 Å². The lowest BCUT2D eigenvalue weighted by molar-refractivity contribution is -0.274. The third-order valence-corrected chi connectivity index (χ3v) is 4.31. The summed E-state index contributed by atoms with van der Waals surface area (Å²) in [4.78, 5) is 12.5. The molecule has 1 amide bonds. The van der Waals surface area contributed by atoms with Crippen molar-refractivity contribution >= 4 is 11.6 Å². The molecule has 2 aromatic rings. The zero-order valence-corrected chi connectivity index (χ0v) is 13.6. The van der Waals surface area contributed by atoms with Crippen molar-refractivity contribution in [3.8, 4) is 11.5 Å². The lowest BCUT2D eigenvalue weighted by Crippen LogP contribution is -2.33. The number of carbonyl (C=O) groups is 1. The fourth-order valence-electron chi connectivity index (χ4n) is 3.03. The van der Waals surface area contributed by atoms with Gasteiger partial charge in [0.2, 0.25) is 5.91 Å². The molecular weight excluding hydrogens is 335 g/mol. The number of nitrogens with one attached hydrogen (secondary N) is 1. The Morgan fingerprint density at radius 3 is 2.56 bits per heavy atom. The first kappa shape index (κ1) is 17.1. The Kier molecular flexibility index (Phi) is 4.10. The minimum absolute atomic E-state index is 0.0608. The Morgan fingerprint density at radius 1 is 1.16 bits per heavy atom. The maximum atomic E-state index is 12.6. The molecule has 0 saturated carbocycles. The molecule has 1 aliphatic heterocycles. The second kappa shape index (κ2) is 5.98. The number of carbonyl (C=O) groups excluding carboxylic acids is 1. The summed E-state index contributed by atoms with van der Waals surface area (Å²) in [5.41, 5.74) is 0.573. The summed E-state index contributed by atoms with van der Waals surface area (Å²) in [6.45, 7) is 1.69. The number of methoxy groups -OCH3 is 1. The summed E-state index contributed by atoms with van der Waals surface area (Å²) in [5, 5.41) is 2.77. The predicted octanol–water partition coefficient (Wildman–Crippen LogP) is 4.05. The maximum absolute atomic E-state index is 12.6. The number of amides is 1. The van der Waals surface area contributed by atoms with Gasteiger partial charge in [0.1, 0.15) is 11.5 Å². The Balaban J connectivity index is 2.00. The fourth-order valence-corrected chi connectivity index (χ4v) is 3.03. The molecule has 0 radical (unpaired) electrons. The number of para-hydroxylation sites is 1. The molecule has 0 fully saturated rings. The van der Waals surface area contributed by atoms with E-state index < -0.39 is 11.8 Å². The Bertz CT molecular complexity index is 819. The zero-order valence-electron chi connectivity index (χ0n) is 13.6. The maximum Gasteiger partial charge on any atom is 0.573 e. The number of anilines is 1.